The molecule has 1 fully saturated rings. The minimum Gasteiger partial charge on any atom is -0.507 e. The molecule has 3 rings (SSSR count). The molecule has 2 aromatic rings. The summed E-state index contributed by atoms with van der Waals surface area (Å²) in [6, 6.07) is 6.51. The number of phenolic OH excluding ortho intramolecular Hbond substituents is 1. The van der Waals surface area contributed by atoms with Crippen LogP contribution in [-0.4, -0.2) is 58.9 Å². The first kappa shape index (κ1) is 20.0. The quantitative estimate of drug-likeness (QED) is 0.436. The number of nitrogens with zero attached hydrogens (tertiary/aromatic N) is 2. The lowest BCUT2D eigenvalue weighted by Crippen LogP contribution is -2.32. The van der Waals surface area contributed by atoms with Crippen LogP contribution in [0.1, 0.15) is 23.8 Å². The zero-order valence-electron chi connectivity index (χ0n) is 15.6. The molecule has 1 aliphatic rings. The van der Waals surface area contributed by atoms with E-state index in [2.05, 4.69) is 0 Å². The molecule has 148 valence electrons. The summed E-state index contributed by atoms with van der Waals surface area (Å²) in [6.07, 6.45) is 2.08. The van der Waals surface area contributed by atoms with Gasteiger partial charge in [0.1, 0.15) is 23.3 Å². The van der Waals surface area contributed by atoms with Gasteiger partial charge in [-0.2, -0.15) is 0 Å². The van der Waals surface area contributed by atoms with E-state index in [9.17, 15) is 19.8 Å². The van der Waals surface area contributed by atoms with Crippen LogP contribution >= 0.6 is 11.6 Å². The Morgan fingerprint density at radius 3 is 2.68 bits per heavy atom. The number of likely N-dealkylation sites (tertiary alicyclic amines) is 1. The third kappa shape index (κ3) is 3.76. The number of ketones is 1. The van der Waals surface area contributed by atoms with Crippen LogP contribution in [0.25, 0.3) is 5.76 Å². The zero-order chi connectivity index (χ0) is 20.4. The Morgan fingerprint density at radius 1 is 1.29 bits per heavy atom. The average molecular weight is 405 g/mol. The summed E-state index contributed by atoms with van der Waals surface area (Å²) >= 11 is 5.97. The highest BCUT2D eigenvalue weighted by Crippen LogP contribution is 2.41. The van der Waals surface area contributed by atoms with E-state index in [4.69, 9.17) is 16.0 Å². The lowest BCUT2D eigenvalue weighted by atomic mass is 9.99. The number of benzene rings is 1. The van der Waals surface area contributed by atoms with Crippen LogP contribution in [0.4, 0.5) is 0 Å². The van der Waals surface area contributed by atoms with Crippen molar-refractivity contribution >= 4 is 29.1 Å². The van der Waals surface area contributed by atoms with Gasteiger partial charge in [0.25, 0.3) is 11.7 Å². The Hall–Kier alpha value is -2.77. The largest absolute Gasteiger partial charge is 0.507 e. The first-order chi connectivity index (χ1) is 13.3. The minimum absolute atomic E-state index is 0.0182. The summed E-state index contributed by atoms with van der Waals surface area (Å²) in [6.45, 7) is 1.04. The van der Waals surface area contributed by atoms with Gasteiger partial charge in [-0.05, 0) is 57.4 Å². The lowest BCUT2D eigenvalue weighted by molar-refractivity contribution is -0.140. The van der Waals surface area contributed by atoms with Crippen molar-refractivity contribution in [2.75, 3.05) is 27.2 Å². The maximum atomic E-state index is 12.8. The molecule has 1 saturated heterocycles. The molecule has 2 heterocycles. The Balaban J connectivity index is 2.09. The zero-order valence-corrected chi connectivity index (χ0v) is 16.3. The van der Waals surface area contributed by atoms with E-state index in [0.29, 0.717) is 18.7 Å². The Morgan fingerprint density at radius 2 is 2.04 bits per heavy atom. The van der Waals surface area contributed by atoms with Gasteiger partial charge in [-0.15, -0.1) is 0 Å². The Bertz CT molecular complexity index is 921. The highest BCUT2D eigenvalue weighted by atomic mass is 35.5. The van der Waals surface area contributed by atoms with E-state index in [-0.39, 0.29) is 21.9 Å². The van der Waals surface area contributed by atoms with Gasteiger partial charge in [0.05, 0.1) is 17.4 Å². The highest BCUT2D eigenvalue weighted by molar-refractivity contribution is 6.46. The molecule has 1 unspecified atom stereocenters. The van der Waals surface area contributed by atoms with Gasteiger partial charge in [0, 0.05) is 11.6 Å². The lowest BCUT2D eigenvalue weighted by Gasteiger charge is -2.24. The standard InChI is InChI=1S/C20H21ClN2O5/c1-22(2)8-4-9-23-17(15-5-3-10-28-15)16(19(26)20(23)27)18(25)13-11-12(21)6-7-14(13)24/h3,5-7,10-11,17,24-25H,4,8-9H2,1-2H3/b18-16+. The number of amides is 1. The van der Waals surface area contributed by atoms with E-state index in [1.807, 2.05) is 19.0 Å². The van der Waals surface area contributed by atoms with E-state index >= 15 is 0 Å². The van der Waals surface area contributed by atoms with Crippen LogP contribution < -0.4 is 0 Å². The molecule has 1 aromatic carbocycles. The maximum absolute atomic E-state index is 12.8. The third-order valence-corrected chi connectivity index (χ3v) is 4.81. The normalized spacial score (nSPS) is 19.0. The van der Waals surface area contributed by atoms with Crippen molar-refractivity contribution in [1.29, 1.82) is 0 Å². The first-order valence-corrected chi connectivity index (χ1v) is 9.14. The summed E-state index contributed by atoms with van der Waals surface area (Å²) < 4.78 is 5.45. The van der Waals surface area contributed by atoms with Gasteiger partial charge < -0.3 is 24.4 Å². The topological polar surface area (TPSA) is 94.2 Å². The summed E-state index contributed by atoms with van der Waals surface area (Å²) in [5.41, 5.74) is -0.155. The number of hydrogen-bond donors (Lipinski definition) is 2. The van der Waals surface area contributed by atoms with Gasteiger partial charge in [-0.3, -0.25) is 9.59 Å². The second-order valence-corrected chi connectivity index (χ2v) is 7.26. The molecular weight excluding hydrogens is 384 g/mol. The first-order valence-electron chi connectivity index (χ1n) is 8.76. The van der Waals surface area contributed by atoms with Gasteiger partial charge in [-0.25, -0.2) is 0 Å². The Labute approximate surface area is 167 Å². The molecule has 0 aliphatic carbocycles. The number of halogens is 1. The van der Waals surface area contributed by atoms with Gasteiger partial charge in [-0.1, -0.05) is 11.6 Å². The fourth-order valence-electron chi connectivity index (χ4n) is 3.25. The fraction of sp³-hybridized carbons (Fsp3) is 0.300. The van der Waals surface area contributed by atoms with Crippen molar-refractivity contribution in [3.8, 4) is 5.75 Å². The number of aliphatic hydroxyl groups is 1. The van der Waals surface area contributed by atoms with Gasteiger partial charge >= 0.3 is 0 Å². The Kier molecular flexibility index (Phi) is 5.76. The molecule has 0 bridgehead atoms. The van der Waals surface area contributed by atoms with Crippen LogP contribution in [0, 0.1) is 0 Å². The smallest absolute Gasteiger partial charge is 0.295 e. The van der Waals surface area contributed by atoms with E-state index in [1.54, 1.807) is 12.1 Å². The molecule has 8 heteroatoms. The number of aliphatic hydroxyl groups excluding tert-OH is 1. The predicted molar refractivity (Wildman–Crippen MR) is 104 cm³/mol. The van der Waals surface area contributed by atoms with Crippen molar-refractivity contribution in [2.24, 2.45) is 0 Å². The maximum Gasteiger partial charge on any atom is 0.295 e. The van der Waals surface area contributed by atoms with Crippen molar-refractivity contribution in [3.63, 3.8) is 0 Å². The molecule has 1 aliphatic heterocycles. The highest BCUT2D eigenvalue weighted by Gasteiger charge is 2.47. The van der Waals surface area contributed by atoms with Crippen LogP contribution in [0.3, 0.4) is 0 Å². The van der Waals surface area contributed by atoms with Gasteiger partial charge in [0.15, 0.2) is 0 Å². The molecule has 1 atom stereocenters. The summed E-state index contributed by atoms with van der Waals surface area (Å²) in [7, 11) is 3.83. The van der Waals surface area contributed by atoms with Crippen molar-refractivity contribution < 1.29 is 24.2 Å². The van der Waals surface area contributed by atoms with Crippen molar-refractivity contribution in [2.45, 2.75) is 12.5 Å². The number of aromatic hydroxyl groups is 1. The molecule has 2 N–H and O–H groups in total. The fourth-order valence-corrected chi connectivity index (χ4v) is 3.43. The molecule has 1 aromatic heterocycles. The van der Waals surface area contributed by atoms with Crippen molar-refractivity contribution in [3.05, 3.63) is 58.5 Å². The van der Waals surface area contributed by atoms with E-state index in [0.717, 1.165) is 6.54 Å². The molecule has 0 radical (unpaired) electrons. The predicted octanol–water partition coefficient (Wildman–Crippen LogP) is 3.01. The third-order valence-electron chi connectivity index (χ3n) is 4.57. The minimum atomic E-state index is -0.879. The number of phenols is 1. The molecule has 7 nitrogen and oxygen atoms in total. The number of carbonyl (C=O) groups is 2. The van der Waals surface area contributed by atoms with Crippen LogP contribution in [0.2, 0.25) is 5.02 Å². The van der Waals surface area contributed by atoms with E-state index in [1.165, 1.54) is 29.4 Å². The monoisotopic (exact) mass is 404 g/mol. The number of furan rings is 1. The molecule has 1 amide bonds. The summed E-state index contributed by atoms with van der Waals surface area (Å²) in [4.78, 5) is 28.8. The number of rotatable bonds is 6. The average Bonchev–Trinajstić information content (AvgIpc) is 3.25. The molecule has 28 heavy (non-hydrogen) atoms. The van der Waals surface area contributed by atoms with Crippen molar-refractivity contribution in [1.82, 2.24) is 9.80 Å². The molecule has 0 spiro atoms. The van der Waals surface area contributed by atoms with Crippen LogP contribution in [0.5, 0.6) is 5.75 Å². The number of hydrogen-bond acceptors (Lipinski definition) is 6. The summed E-state index contributed by atoms with van der Waals surface area (Å²) in [5, 5.41) is 21.2. The second-order valence-electron chi connectivity index (χ2n) is 6.83. The van der Waals surface area contributed by atoms with Crippen LogP contribution in [0.15, 0.2) is 46.6 Å². The van der Waals surface area contributed by atoms with Gasteiger partial charge in [0.2, 0.25) is 0 Å². The van der Waals surface area contributed by atoms with Crippen LogP contribution in [-0.2, 0) is 9.59 Å². The summed E-state index contributed by atoms with van der Waals surface area (Å²) in [5.74, 6) is -1.94. The SMILES string of the molecule is CN(C)CCCN1C(=O)C(=O)/C(=C(/O)c2cc(Cl)ccc2O)C1c1ccco1. The van der Waals surface area contributed by atoms with E-state index < -0.39 is 23.5 Å². The second kappa shape index (κ2) is 8.08. The molecule has 0 saturated carbocycles. The number of carbonyl (C=O) groups excluding carboxylic acids is 2. The molecular formula is C20H21ClN2O5. The number of Topliss-reactive ketones (excluding diaryl/α,β-unsaturated/α-hetero) is 1.